The van der Waals surface area contributed by atoms with E-state index in [-0.39, 0.29) is 23.6 Å². The number of nitrogens with zero attached hydrogens (tertiary/aromatic N) is 2. The Kier molecular flexibility index (Phi) is 7.05. The molecule has 2 rings (SSSR count). The number of carbonyl (C=O) groups is 4. The number of primary amides is 1. The van der Waals surface area contributed by atoms with Gasteiger partial charge in [0.25, 0.3) is 5.91 Å². The highest BCUT2D eigenvalue weighted by Crippen LogP contribution is 2.34. The molecule has 0 saturated carbocycles. The van der Waals surface area contributed by atoms with Gasteiger partial charge in [0.05, 0.1) is 5.41 Å². The molecule has 4 unspecified atom stereocenters. The minimum Gasteiger partial charge on any atom is -0.368 e. The molecule has 9 nitrogen and oxygen atoms in total. The van der Waals surface area contributed by atoms with Gasteiger partial charge >= 0.3 is 0 Å². The van der Waals surface area contributed by atoms with Crippen molar-refractivity contribution in [2.75, 3.05) is 13.1 Å². The maximum Gasteiger partial charge on any atom is 0.258 e. The summed E-state index contributed by atoms with van der Waals surface area (Å²) < 4.78 is 0. The van der Waals surface area contributed by atoms with E-state index in [2.05, 4.69) is 17.3 Å². The van der Waals surface area contributed by atoms with Crippen LogP contribution in [-0.4, -0.2) is 64.8 Å². The molecule has 0 aromatic heterocycles. The Morgan fingerprint density at radius 3 is 2.48 bits per heavy atom. The lowest BCUT2D eigenvalue weighted by molar-refractivity contribution is -0.145. The second kappa shape index (κ2) is 8.94. The van der Waals surface area contributed by atoms with E-state index < -0.39 is 29.4 Å². The largest absolute Gasteiger partial charge is 0.368 e. The van der Waals surface area contributed by atoms with Crippen molar-refractivity contribution in [2.24, 2.45) is 17.1 Å². The molecular weight excluding hydrogens is 374 g/mol. The standard InChI is InChI=1S/C20H33N5O4/c1-6-20(5)9-11-24(19(20)29)15(12(2)3)17(27)22-13(4)18(28)25-10-7-8-14(23-25)16(21)26/h6,12-15,23H,1,7-11H2,2-5H3,(H2,21,26)(H,22,27). The number of carbonyl (C=O) groups excluding carboxylic acids is 4. The lowest BCUT2D eigenvalue weighted by atomic mass is 9.89. The van der Waals surface area contributed by atoms with Crippen LogP contribution < -0.4 is 16.5 Å². The molecule has 0 spiro atoms. The molecule has 2 saturated heterocycles. The van der Waals surface area contributed by atoms with Gasteiger partial charge in [-0.15, -0.1) is 6.58 Å². The van der Waals surface area contributed by atoms with E-state index >= 15 is 0 Å². The summed E-state index contributed by atoms with van der Waals surface area (Å²) in [5, 5.41) is 4.08. The molecular formula is C20H33N5O4. The van der Waals surface area contributed by atoms with E-state index in [0.717, 1.165) is 0 Å². The SMILES string of the molecule is C=CC1(C)CCN(C(C(=O)NC(C)C(=O)N2CCCC(C(N)=O)N2)C(C)C)C1=O. The van der Waals surface area contributed by atoms with Gasteiger partial charge in [-0.05, 0) is 39.0 Å². The second-order valence-corrected chi connectivity index (χ2v) is 8.51. The van der Waals surface area contributed by atoms with E-state index in [1.54, 1.807) is 17.9 Å². The molecule has 4 amide bonds. The average Bonchev–Trinajstić information content (AvgIpc) is 2.96. The van der Waals surface area contributed by atoms with Crippen molar-refractivity contribution < 1.29 is 19.2 Å². The molecule has 0 bridgehead atoms. The van der Waals surface area contributed by atoms with Crippen molar-refractivity contribution in [2.45, 2.75) is 65.1 Å². The van der Waals surface area contributed by atoms with Gasteiger partial charge in [-0.3, -0.25) is 24.2 Å². The first-order valence-corrected chi connectivity index (χ1v) is 10.1. The minimum atomic E-state index is -0.814. The highest BCUT2D eigenvalue weighted by Gasteiger charge is 2.46. The maximum atomic E-state index is 13.0. The Morgan fingerprint density at radius 2 is 1.97 bits per heavy atom. The molecule has 4 N–H and O–H groups in total. The van der Waals surface area contributed by atoms with E-state index in [0.29, 0.717) is 32.4 Å². The molecule has 0 aromatic rings. The molecule has 29 heavy (non-hydrogen) atoms. The number of likely N-dealkylation sites (tertiary alicyclic amines) is 1. The van der Waals surface area contributed by atoms with Crippen molar-refractivity contribution in [3.05, 3.63) is 12.7 Å². The van der Waals surface area contributed by atoms with Crippen LogP contribution >= 0.6 is 0 Å². The van der Waals surface area contributed by atoms with Crippen LogP contribution in [0.25, 0.3) is 0 Å². The highest BCUT2D eigenvalue weighted by molar-refractivity contribution is 5.94. The number of amides is 4. The monoisotopic (exact) mass is 407 g/mol. The predicted octanol–water partition coefficient (Wildman–Crippen LogP) is -0.0788. The predicted molar refractivity (Wildman–Crippen MR) is 108 cm³/mol. The summed E-state index contributed by atoms with van der Waals surface area (Å²) in [6.07, 6.45) is 3.44. The zero-order chi connectivity index (χ0) is 21.9. The average molecular weight is 408 g/mol. The Morgan fingerprint density at radius 1 is 1.31 bits per heavy atom. The number of nitrogens with two attached hydrogens (primary N) is 1. The van der Waals surface area contributed by atoms with Gasteiger partial charge in [-0.2, -0.15) is 0 Å². The lowest BCUT2D eigenvalue weighted by Gasteiger charge is -2.35. The Labute approximate surface area is 172 Å². The van der Waals surface area contributed by atoms with Gasteiger partial charge < -0.3 is 16.0 Å². The Hall–Kier alpha value is -2.42. The maximum absolute atomic E-state index is 13.0. The molecule has 0 aromatic carbocycles. The van der Waals surface area contributed by atoms with Gasteiger partial charge in [0.1, 0.15) is 18.1 Å². The first-order valence-electron chi connectivity index (χ1n) is 10.1. The van der Waals surface area contributed by atoms with E-state index in [1.807, 2.05) is 20.8 Å². The molecule has 4 atom stereocenters. The summed E-state index contributed by atoms with van der Waals surface area (Å²) in [4.78, 5) is 51.5. The number of rotatable bonds is 7. The minimum absolute atomic E-state index is 0.123. The van der Waals surface area contributed by atoms with Crippen LogP contribution in [0.1, 0.15) is 47.0 Å². The molecule has 0 radical (unpaired) electrons. The Balaban J connectivity index is 2.06. The van der Waals surface area contributed by atoms with Crippen molar-refractivity contribution in [3.8, 4) is 0 Å². The number of hydrogen-bond donors (Lipinski definition) is 3. The second-order valence-electron chi connectivity index (χ2n) is 8.51. The fourth-order valence-corrected chi connectivity index (χ4v) is 3.89. The first kappa shape index (κ1) is 22.9. The number of hydrazine groups is 1. The van der Waals surface area contributed by atoms with Gasteiger partial charge in [0, 0.05) is 13.1 Å². The van der Waals surface area contributed by atoms with Crippen molar-refractivity contribution >= 4 is 23.6 Å². The van der Waals surface area contributed by atoms with Crippen LogP contribution in [0.3, 0.4) is 0 Å². The molecule has 2 aliphatic heterocycles. The van der Waals surface area contributed by atoms with Crippen LogP contribution in [0.15, 0.2) is 12.7 Å². The lowest BCUT2D eigenvalue weighted by Crippen LogP contribution is -2.61. The van der Waals surface area contributed by atoms with Gasteiger partial charge in [0.2, 0.25) is 17.7 Å². The zero-order valence-corrected chi connectivity index (χ0v) is 17.7. The molecule has 2 aliphatic rings. The van der Waals surface area contributed by atoms with Gasteiger partial charge in [-0.1, -0.05) is 19.9 Å². The normalized spacial score (nSPS) is 26.9. The smallest absolute Gasteiger partial charge is 0.258 e. The van der Waals surface area contributed by atoms with Crippen molar-refractivity contribution in [3.63, 3.8) is 0 Å². The molecule has 2 fully saturated rings. The van der Waals surface area contributed by atoms with E-state index in [9.17, 15) is 19.2 Å². The van der Waals surface area contributed by atoms with Crippen LogP contribution in [0.2, 0.25) is 0 Å². The quantitative estimate of drug-likeness (QED) is 0.509. The number of nitrogens with one attached hydrogen (secondary N) is 2. The van der Waals surface area contributed by atoms with Gasteiger partial charge in [-0.25, -0.2) is 5.43 Å². The van der Waals surface area contributed by atoms with Crippen LogP contribution in [-0.2, 0) is 19.2 Å². The van der Waals surface area contributed by atoms with Gasteiger partial charge in [0.15, 0.2) is 0 Å². The summed E-state index contributed by atoms with van der Waals surface area (Å²) in [6, 6.07) is -2.09. The number of hydrogen-bond acceptors (Lipinski definition) is 5. The zero-order valence-electron chi connectivity index (χ0n) is 17.7. The fraction of sp³-hybridized carbons (Fsp3) is 0.700. The summed E-state index contributed by atoms with van der Waals surface area (Å²) in [7, 11) is 0. The third-order valence-corrected chi connectivity index (χ3v) is 5.83. The third kappa shape index (κ3) is 4.77. The fourth-order valence-electron chi connectivity index (χ4n) is 3.89. The van der Waals surface area contributed by atoms with Crippen LogP contribution in [0.4, 0.5) is 0 Å². The highest BCUT2D eigenvalue weighted by atomic mass is 16.2. The van der Waals surface area contributed by atoms with Crippen molar-refractivity contribution in [1.82, 2.24) is 20.7 Å². The Bertz CT molecular complexity index is 694. The third-order valence-electron chi connectivity index (χ3n) is 5.83. The van der Waals surface area contributed by atoms with E-state index in [1.165, 1.54) is 5.01 Å². The topological polar surface area (TPSA) is 125 Å². The molecule has 9 heteroatoms. The first-order chi connectivity index (χ1) is 13.5. The summed E-state index contributed by atoms with van der Waals surface area (Å²) >= 11 is 0. The molecule has 0 aliphatic carbocycles. The van der Waals surface area contributed by atoms with E-state index in [4.69, 9.17) is 5.73 Å². The van der Waals surface area contributed by atoms with Crippen molar-refractivity contribution in [1.29, 1.82) is 0 Å². The summed E-state index contributed by atoms with van der Waals surface area (Å²) in [5.74, 6) is -1.48. The van der Waals surface area contributed by atoms with Crippen LogP contribution in [0.5, 0.6) is 0 Å². The molecule has 2 heterocycles. The molecule has 162 valence electrons. The summed E-state index contributed by atoms with van der Waals surface area (Å²) in [6.45, 7) is 11.8. The summed E-state index contributed by atoms with van der Waals surface area (Å²) in [5.41, 5.74) is 7.47. The van der Waals surface area contributed by atoms with Crippen LogP contribution in [0, 0.1) is 11.3 Å².